The van der Waals surface area contributed by atoms with E-state index in [1.165, 1.54) is 11.3 Å². The zero-order valence-electron chi connectivity index (χ0n) is 14.6. The Morgan fingerprint density at radius 3 is 2.96 bits per heavy atom. The van der Waals surface area contributed by atoms with E-state index in [-0.39, 0.29) is 18.2 Å². The van der Waals surface area contributed by atoms with Gasteiger partial charge < -0.3 is 9.47 Å². The third-order valence-electron chi connectivity index (χ3n) is 5.01. The number of nitrogens with zero attached hydrogens (tertiary/aromatic N) is 2. The van der Waals surface area contributed by atoms with Crippen molar-refractivity contribution in [3.63, 3.8) is 0 Å². The molecule has 26 heavy (non-hydrogen) atoms. The Balaban J connectivity index is 1.49. The van der Waals surface area contributed by atoms with Gasteiger partial charge in [0.2, 0.25) is 0 Å². The summed E-state index contributed by atoms with van der Waals surface area (Å²) in [5.41, 5.74) is 1.67. The summed E-state index contributed by atoms with van der Waals surface area (Å²) < 4.78 is 40.3. The Bertz CT molecular complexity index is 853. The fraction of sp³-hybridized carbons (Fsp3) is 0.500. The van der Waals surface area contributed by atoms with Crippen LogP contribution in [-0.2, 0) is 26.1 Å². The molecule has 0 bridgehead atoms. The molecule has 3 heterocycles. The fourth-order valence-corrected chi connectivity index (χ4v) is 6.94. The predicted molar refractivity (Wildman–Crippen MR) is 98.5 cm³/mol. The van der Waals surface area contributed by atoms with Crippen LogP contribution in [0.5, 0.6) is 0 Å². The lowest BCUT2D eigenvalue weighted by atomic mass is 10.1. The number of aryl methyl sites for hydroxylation is 1. The topological polar surface area (TPSA) is 68.7 Å². The highest BCUT2D eigenvalue weighted by molar-refractivity contribution is 7.91. The summed E-state index contributed by atoms with van der Waals surface area (Å²) in [6.45, 7) is 3.05. The minimum absolute atomic E-state index is 0.107. The van der Waals surface area contributed by atoms with E-state index in [1.54, 1.807) is 10.5 Å². The predicted octanol–water partition coefficient (Wildman–Crippen LogP) is 2.59. The first-order valence-corrected chi connectivity index (χ1v) is 11.1. The molecule has 6 nitrogen and oxygen atoms in total. The number of fused-ring (bicyclic) bond motifs is 1. The number of aromatic nitrogens is 1. The molecule has 2 aromatic heterocycles. The van der Waals surface area contributed by atoms with Crippen LogP contribution in [0.4, 0.5) is 0 Å². The van der Waals surface area contributed by atoms with Gasteiger partial charge in [-0.2, -0.15) is 4.31 Å². The summed E-state index contributed by atoms with van der Waals surface area (Å²) in [6, 6.07) is 7.41. The summed E-state index contributed by atoms with van der Waals surface area (Å²) in [4.78, 5) is 4.27. The number of ether oxygens (including phenoxy) is 2. The molecular formula is C18H22N2O4S2. The molecule has 1 aliphatic carbocycles. The molecule has 0 unspecified atom stereocenters. The number of sulfonamides is 1. The number of morpholine rings is 1. The number of thiophene rings is 1. The molecule has 140 valence electrons. The lowest BCUT2D eigenvalue weighted by Crippen LogP contribution is -2.53. The Morgan fingerprint density at radius 1 is 1.35 bits per heavy atom. The standard InChI is InChI=1S/C18H22N2O4S2/c1-13-7-11-25-18(13)26(21,22)20-9-10-23-17-15(20)5-6-16(17)24-12-14-4-2-3-8-19-14/h2-4,7-8,11,15-17H,5-6,9-10,12H2,1H3/t15-,16+,17+/m0/s1. The van der Waals surface area contributed by atoms with Crippen LogP contribution < -0.4 is 0 Å². The summed E-state index contributed by atoms with van der Waals surface area (Å²) in [5.74, 6) is 0. The molecule has 3 atom stereocenters. The number of rotatable bonds is 5. The Hall–Kier alpha value is -1.32. The third kappa shape index (κ3) is 3.32. The van der Waals surface area contributed by atoms with Gasteiger partial charge in [-0.25, -0.2) is 8.42 Å². The van der Waals surface area contributed by atoms with E-state index in [4.69, 9.17) is 9.47 Å². The van der Waals surface area contributed by atoms with Crippen LogP contribution in [-0.4, -0.2) is 49.1 Å². The SMILES string of the molecule is Cc1ccsc1S(=O)(=O)N1CCO[C@H]2[C@H](OCc3ccccn3)CC[C@@H]21. The molecule has 0 radical (unpaired) electrons. The molecule has 1 saturated heterocycles. The van der Waals surface area contributed by atoms with Crippen molar-refractivity contribution in [2.75, 3.05) is 13.2 Å². The van der Waals surface area contributed by atoms with Crippen molar-refractivity contribution in [1.29, 1.82) is 0 Å². The van der Waals surface area contributed by atoms with E-state index in [1.807, 2.05) is 36.6 Å². The molecule has 0 N–H and O–H groups in total. The van der Waals surface area contributed by atoms with Gasteiger partial charge in [0.1, 0.15) is 10.3 Å². The maximum atomic E-state index is 13.1. The first-order valence-electron chi connectivity index (χ1n) is 8.76. The Morgan fingerprint density at radius 2 is 2.23 bits per heavy atom. The van der Waals surface area contributed by atoms with Crippen molar-refractivity contribution in [3.8, 4) is 0 Å². The van der Waals surface area contributed by atoms with Crippen molar-refractivity contribution < 1.29 is 17.9 Å². The van der Waals surface area contributed by atoms with Crippen molar-refractivity contribution in [3.05, 3.63) is 47.1 Å². The third-order valence-corrected chi connectivity index (χ3v) is 8.60. The van der Waals surface area contributed by atoms with Crippen molar-refractivity contribution in [2.24, 2.45) is 0 Å². The van der Waals surface area contributed by atoms with E-state index in [0.717, 1.165) is 24.1 Å². The van der Waals surface area contributed by atoms with E-state index in [0.29, 0.717) is 24.0 Å². The number of pyridine rings is 1. The Labute approximate surface area is 157 Å². The maximum absolute atomic E-state index is 13.1. The molecule has 2 aliphatic rings. The second-order valence-corrected chi connectivity index (χ2v) is 9.66. The molecule has 0 aromatic carbocycles. The van der Waals surface area contributed by atoms with E-state index >= 15 is 0 Å². The summed E-state index contributed by atoms with van der Waals surface area (Å²) in [5, 5.41) is 1.83. The van der Waals surface area contributed by atoms with Crippen molar-refractivity contribution in [1.82, 2.24) is 9.29 Å². The van der Waals surface area contributed by atoms with Gasteiger partial charge in [0.25, 0.3) is 10.0 Å². The first kappa shape index (κ1) is 18.1. The van der Waals surface area contributed by atoms with Crippen LogP contribution in [0.1, 0.15) is 24.1 Å². The first-order chi connectivity index (χ1) is 12.6. The van der Waals surface area contributed by atoms with E-state index in [9.17, 15) is 8.42 Å². The maximum Gasteiger partial charge on any atom is 0.253 e. The van der Waals surface area contributed by atoms with Gasteiger partial charge in [0.15, 0.2) is 0 Å². The van der Waals surface area contributed by atoms with Gasteiger partial charge in [-0.1, -0.05) is 6.07 Å². The quantitative estimate of drug-likeness (QED) is 0.780. The van der Waals surface area contributed by atoms with Crippen LogP contribution >= 0.6 is 11.3 Å². The van der Waals surface area contributed by atoms with Gasteiger partial charge >= 0.3 is 0 Å². The molecule has 1 aliphatic heterocycles. The largest absolute Gasteiger partial charge is 0.372 e. The molecule has 2 fully saturated rings. The molecule has 0 amide bonds. The molecule has 0 spiro atoms. The monoisotopic (exact) mass is 394 g/mol. The zero-order chi connectivity index (χ0) is 18.1. The molecule has 2 aromatic rings. The number of hydrogen-bond donors (Lipinski definition) is 0. The van der Waals surface area contributed by atoms with Crippen LogP contribution in [0.2, 0.25) is 0 Å². The molecular weight excluding hydrogens is 372 g/mol. The lowest BCUT2D eigenvalue weighted by molar-refractivity contribution is -0.101. The second kappa shape index (κ2) is 7.36. The number of hydrogen-bond acceptors (Lipinski definition) is 6. The van der Waals surface area contributed by atoms with Crippen LogP contribution in [0.25, 0.3) is 0 Å². The summed E-state index contributed by atoms with van der Waals surface area (Å²) in [6.07, 6.45) is 2.95. The van der Waals surface area contributed by atoms with Gasteiger partial charge in [0, 0.05) is 12.7 Å². The van der Waals surface area contributed by atoms with Gasteiger partial charge in [-0.05, 0) is 48.9 Å². The summed E-state index contributed by atoms with van der Waals surface area (Å²) in [7, 11) is -3.49. The lowest BCUT2D eigenvalue weighted by Gasteiger charge is -2.37. The average molecular weight is 395 g/mol. The van der Waals surface area contributed by atoms with Gasteiger partial charge in [-0.15, -0.1) is 11.3 Å². The average Bonchev–Trinajstić information content (AvgIpc) is 3.27. The van der Waals surface area contributed by atoms with E-state index in [2.05, 4.69) is 4.98 Å². The highest BCUT2D eigenvalue weighted by Crippen LogP contribution is 2.37. The minimum atomic E-state index is -3.49. The van der Waals surface area contributed by atoms with Crippen LogP contribution in [0.3, 0.4) is 0 Å². The summed E-state index contributed by atoms with van der Waals surface area (Å²) >= 11 is 1.28. The van der Waals surface area contributed by atoms with Gasteiger partial charge in [0.05, 0.1) is 31.1 Å². The molecule has 8 heteroatoms. The normalized spacial score (nSPS) is 26.7. The highest BCUT2D eigenvalue weighted by Gasteiger charge is 2.48. The zero-order valence-corrected chi connectivity index (χ0v) is 16.2. The highest BCUT2D eigenvalue weighted by atomic mass is 32.2. The minimum Gasteiger partial charge on any atom is -0.372 e. The van der Waals surface area contributed by atoms with Crippen LogP contribution in [0.15, 0.2) is 40.1 Å². The molecule has 4 rings (SSSR count). The van der Waals surface area contributed by atoms with E-state index < -0.39 is 10.0 Å². The smallest absolute Gasteiger partial charge is 0.253 e. The Kier molecular flexibility index (Phi) is 5.11. The second-order valence-electron chi connectivity index (χ2n) is 6.66. The van der Waals surface area contributed by atoms with Crippen LogP contribution in [0, 0.1) is 6.92 Å². The fourth-order valence-electron chi connectivity index (χ4n) is 3.76. The van der Waals surface area contributed by atoms with Crippen molar-refractivity contribution >= 4 is 21.4 Å². The molecule has 1 saturated carbocycles. The van der Waals surface area contributed by atoms with Gasteiger partial charge in [-0.3, -0.25) is 4.98 Å². The van der Waals surface area contributed by atoms with Crippen molar-refractivity contribution in [2.45, 2.75) is 48.8 Å².